The van der Waals surface area contributed by atoms with Gasteiger partial charge in [-0.3, -0.25) is 9.59 Å². The van der Waals surface area contributed by atoms with E-state index >= 15 is 0 Å². The normalized spacial score (nSPS) is 13.6. The number of amides is 2. The number of anilines is 2. The Morgan fingerprint density at radius 2 is 1.85 bits per heavy atom. The zero-order valence-electron chi connectivity index (χ0n) is 22.9. The van der Waals surface area contributed by atoms with Gasteiger partial charge in [0.25, 0.3) is 0 Å². The molecule has 1 aliphatic heterocycles. The maximum Gasteiger partial charge on any atom is 0.327 e. The molecule has 0 fully saturated rings. The Kier molecular flexibility index (Phi) is 9.16. The molecule has 0 unspecified atom stereocenters. The number of ether oxygens (including phenoxy) is 1. The maximum absolute atomic E-state index is 13.9. The summed E-state index contributed by atoms with van der Waals surface area (Å²) in [6.45, 7) is 3.85. The van der Waals surface area contributed by atoms with Crippen LogP contribution in [0, 0.1) is 17.6 Å². The number of nitrogens with one attached hydrogen (secondary N) is 1. The van der Waals surface area contributed by atoms with Crippen LogP contribution in [0.4, 0.5) is 20.3 Å². The Morgan fingerprint density at radius 1 is 1.12 bits per heavy atom. The van der Waals surface area contributed by atoms with E-state index < -0.39 is 39.6 Å². The van der Waals surface area contributed by atoms with E-state index in [4.69, 9.17) is 4.74 Å². The van der Waals surface area contributed by atoms with Gasteiger partial charge in [-0.1, -0.05) is 6.07 Å². The van der Waals surface area contributed by atoms with Crippen LogP contribution >= 0.6 is 0 Å². The predicted molar refractivity (Wildman–Crippen MR) is 149 cm³/mol. The molecule has 10 nitrogen and oxygen atoms in total. The van der Waals surface area contributed by atoms with Crippen LogP contribution in [-0.2, 0) is 32.6 Å². The van der Waals surface area contributed by atoms with E-state index in [0.29, 0.717) is 18.0 Å². The summed E-state index contributed by atoms with van der Waals surface area (Å²) in [6.07, 6.45) is 2.80. The van der Waals surface area contributed by atoms with Crippen molar-refractivity contribution in [1.82, 2.24) is 14.7 Å². The van der Waals surface area contributed by atoms with Crippen LogP contribution in [0.1, 0.15) is 37.8 Å². The zero-order valence-corrected chi connectivity index (χ0v) is 23.7. The Labute approximate surface area is 237 Å². The van der Waals surface area contributed by atoms with Gasteiger partial charge in [0.1, 0.15) is 17.5 Å². The van der Waals surface area contributed by atoms with Gasteiger partial charge in [0.15, 0.2) is 0 Å². The summed E-state index contributed by atoms with van der Waals surface area (Å²) in [4.78, 5) is 36.0. The molecule has 0 spiro atoms. The Hall–Kier alpha value is -4.13. The zero-order chi connectivity index (χ0) is 29.7. The van der Waals surface area contributed by atoms with Crippen molar-refractivity contribution < 1.29 is 31.5 Å². The lowest BCUT2D eigenvalue weighted by Gasteiger charge is -2.24. The highest BCUT2D eigenvalue weighted by Gasteiger charge is 2.32. The summed E-state index contributed by atoms with van der Waals surface area (Å²) < 4.78 is 62.2. The first-order valence-corrected chi connectivity index (χ1v) is 14.5. The van der Waals surface area contributed by atoms with E-state index in [1.165, 1.54) is 24.3 Å². The van der Waals surface area contributed by atoms with Gasteiger partial charge >= 0.3 is 10.2 Å². The number of hydrogen-bond donors (Lipinski definition) is 1. The van der Waals surface area contributed by atoms with Gasteiger partial charge < -0.3 is 9.64 Å². The molecule has 3 heterocycles. The molecule has 4 rings (SSSR count). The lowest BCUT2D eigenvalue weighted by Crippen LogP contribution is -2.43. The van der Waals surface area contributed by atoms with E-state index in [2.05, 4.69) is 9.97 Å². The van der Waals surface area contributed by atoms with Crippen molar-refractivity contribution in [1.29, 1.82) is 0 Å². The summed E-state index contributed by atoms with van der Waals surface area (Å²) >= 11 is 0. The van der Waals surface area contributed by atoms with Crippen molar-refractivity contribution in [3.8, 4) is 5.88 Å². The lowest BCUT2D eigenvalue weighted by atomic mass is 9.93. The monoisotopic (exact) mass is 587 g/mol. The van der Waals surface area contributed by atoms with E-state index in [1.54, 1.807) is 24.3 Å². The SMILES string of the molecule is CC(C)Oc1ccc(N(C)C(=O)[C@@H](CCC(=O)NS(=O)(=O)N2CCc3cccnc32)Cc2cc(F)cc(F)c2)cn1. The van der Waals surface area contributed by atoms with E-state index in [-0.39, 0.29) is 43.3 Å². The third-order valence-electron chi connectivity index (χ3n) is 6.49. The van der Waals surface area contributed by atoms with Gasteiger partial charge in [0, 0.05) is 44.3 Å². The fraction of sp³-hybridized carbons (Fsp3) is 0.357. The molecule has 1 atom stereocenters. The number of carbonyl (C=O) groups is 2. The average molecular weight is 588 g/mol. The second-order valence-electron chi connectivity index (χ2n) is 9.97. The largest absolute Gasteiger partial charge is 0.475 e. The summed E-state index contributed by atoms with van der Waals surface area (Å²) in [5, 5.41) is 0. The molecule has 218 valence electrons. The molecule has 1 aliphatic rings. The molecule has 1 aromatic carbocycles. The van der Waals surface area contributed by atoms with Crippen LogP contribution in [0.3, 0.4) is 0 Å². The lowest BCUT2D eigenvalue weighted by molar-refractivity contribution is -0.123. The second-order valence-corrected chi connectivity index (χ2v) is 11.6. The molecule has 0 saturated carbocycles. The van der Waals surface area contributed by atoms with Crippen molar-refractivity contribution >= 4 is 33.5 Å². The van der Waals surface area contributed by atoms with Crippen molar-refractivity contribution in [3.63, 3.8) is 0 Å². The summed E-state index contributed by atoms with van der Waals surface area (Å²) in [6, 6.07) is 9.68. The third-order valence-corrected chi connectivity index (χ3v) is 7.91. The molecule has 0 bridgehead atoms. The van der Waals surface area contributed by atoms with Gasteiger partial charge in [-0.2, -0.15) is 8.42 Å². The highest BCUT2D eigenvalue weighted by Crippen LogP contribution is 2.27. The van der Waals surface area contributed by atoms with E-state index in [1.807, 2.05) is 18.6 Å². The second kappa shape index (κ2) is 12.6. The molecule has 41 heavy (non-hydrogen) atoms. The summed E-state index contributed by atoms with van der Waals surface area (Å²) in [5.74, 6) is -3.13. The number of nitrogens with zero attached hydrogens (tertiary/aromatic N) is 4. The van der Waals surface area contributed by atoms with Crippen molar-refractivity contribution in [2.75, 3.05) is 22.8 Å². The number of benzene rings is 1. The maximum atomic E-state index is 13.9. The summed E-state index contributed by atoms with van der Waals surface area (Å²) in [5.41, 5.74) is 1.41. The van der Waals surface area contributed by atoms with Crippen LogP contribution in [0.2, 0.25) is 0 Å². The Morgan fingerprint density at radius 3 is 2.51 bits per heavy atom. The van der Waals surface area contributed by atoms with Crippen LogP contribution in [0.25, 0.3) is 0 Å². The average Bonchev–Trinajstić information content (AvgIpc) is 3.35. The number of halogens is 2. The van der Waals surface area contributed by atoms with Crippen molar-refractivity contribution in [2.24, 2.45) is 5.92 Å². The number of aromatic nitrogens is 2. The fourth-order valence-corrected chi connectivity index (χ4v) is 5.80. The molecule has 0 aliphatic carbocycles. The number of carbonyl (C=O) groups excluding carboxylic acids is 2. The van der Waals surface area contributed by atoms with Crippen LogP contribution in [0.15, 0.2) is 54.9 Å². The minimum atomic E-state index is -4.23. The molecule has 2 amide bonds. The van der Waals surface area contributed by atoms with Crippen molar-refractivity contribution in [2.45, 2.75) is 45.6 Å². The minimum absolute atomic E-state index is 0.0801. The highest BCUT2D eigenvalue weighted by molar-refractivity contribution is 7.91. The first-order chi connectivity index (χ1) is 19.4. The molecule has 2 aromatic heterocycles. The number of rotatable bonds is 11. The number of hydrogen-bond acceptors (Lipinski definition) is 7. The predicted octanol–water partition coefficient (Wildman–Crippen LogP) is 3.57. The van der Waals surface area contributed by atoms with Crippen LogP contribution < -0.4 is 18.7 Å². The number of pyridine rings is 2. The first kappa shape index (κ1) is 29.8. The van der Waals surface area contributed by atoms with E-state index in [0.717, 1.165) is 28.1 Å². The molecular formula is C28H31F2N5O5S. The van der Waals surface area contributed by atoms with Gasteiger partial charge in [-0.05, 0) is 68.5 Å². The van der Waals surface area contributed by atoms with Gasteiger partial charge in [0.05, 0.1) is 18.0 Å². The van der Waals surface area contributed by atoms with E-state index in [9.17, 15) is 26.8 Å². The van der Waals surface area contributed by atoms with Crippen molar-refractivity contribution in [3.05, 3.63) is 77.6 Å². The molecule has 13 heteroatoms. The first-order valence-electron chi connectivity index (χ1n) is 13.1. The number of fused-ring (bicyclic) bond motifs is 1. The quantitative estimate of drug-likeness (QED) is 0.364. The molecule has 1 N–H and O–H groups in total. The Bertz CT molecular complexity index is 1500. The van der Waals surface area contributed by atoms with Crippen LogP contribution in [0.5, 0.6) is 5.88 Å². The molecule has 3 aromatic rings. The van der Waals surface area contributed by atoms with Crippen LogP contribution in [-0.4, -0.2) is 49.9 Å². The standard InChI is InChI=1S/C28H31F2N5O5S/c1-18(2)40-26-9-7-24(17-32-26)34(3)28(37)21(13-19-14-22(29)16-23(30)15-19)6-8-25(36)33-41(38,39)35-12-10-20-5-4-11-31-27(20)35/h4-5,7,9,11,14-18,21H,6,8,10,12-13H2,1-3H3,(H,33,36)/t21-/m0/s1. The third kappa shape index (κ3) is 7.54. The molecule has 0 saturated heterocycles. The molecular weight excluding hydrogens is 556 g/mol. The highest BCUT2D eigenvalue weighted by atomic mass is 32.2. The minimum Gasteiger partial charge on any atom is -0.475 e. The molecule has 0 radical (unpaired) electrons. The van der Waals surface area contributed by atoms with Gasteiger partial charge in [0.2, 0.25) is 17.7 Å². The fourth-order valence-electron chi connectivity index (χ4n) is 4.58. The smallest absolute Gasteiger partial charge is 0.327 e. The topological polar surface area (TPSA) is 122 Å². The summed E-state index contributed by atoms with van der Waals surface area (Å²) in [7, 11) is -2.71. The van der Waals surface area contributed by atoms with Gasteiger partial charge in [-0.15, -0.1) is 0 Å². The Balaban J connectivity index is 1.48. The van der Waals surface area contributed by atoms with Gasteiger partial charge in [-0.25, -0.2) is 27.8 Å².